The minimum atomic E-state index is -1.70. The number of likely N-dealkylation sites (N-methyl/N-ethyl adjacent to an activating group) is 1. The van der Waals surface area contributed by atoms with Crippen molar-refractivity contribution in [2.24, 2.45) is 23.7 Å². The number of allylic oxidation sites excluding steroid dienone is 4. The monoisotopic (exact) mass is 944 g/mol. The molecule has 14 nitrogen and oxygen atoms in total. The van der Waals surface area contributed by atoms with E-state index < -0.39 is 41.6 Å². The fraction of sp³-hybridized carbons (Fsp3) is 0.792. The molecule has 6 aliphatic heterocycles. The van der Waals surface area contributed by atoms with Gasteiger partial charge in [-0.2, -0.15) is 0 Å². The normalized spacial score (nSPS) is 46.4. The summed E-state index contributed by atoms with van der Waals surface area (Å²) in [5.74, 6) is -1.56. The predicted octanol–water partition coefficient (Wildman–Crippen LogP) is 7.36. The van der Waals surface area contributed by atoms with Crippen molar-refractivity contribution >= 4 is 5.97 Å². The van der Waals surface area contributed by atoms with Crippen LogP contribution in [0.2, 0.25) is 0 Å². The molecule has 0 amide bonds. The number of carbonyl (C=O) groups is 1. The topological polar surface area (TPSA) is 153 Å². The highest BCUT2D eigenvalue weighted by Gasteiger charge is 2.60. The Kier molecular flexibility index (Phi) is 18.4. The second kappa shape index (κ2) is 22.8. The second-order valence-corrected chi connectivity index (χ2v) is 20.9. The molecule has 2 N–H and O–H groups in total. The van der Waals surface area contributed by atoms with Gasteiger partial charge in [-0.15, -0.1) is 0 Å². The highest BCUT2D eigenvalue weighted by Crippen LogP contribution is 2.47. The minimum Gasteiger partial charge on any atom is -0.462 e. The van der Waals surface area contributed by atoms with E-state index in [2.05, 4.69) is 91.8 Å². The Morgan fingerprint density at radius 3 is 2.37 bits per heavy atom. The second-order valence-electron chi connectivity index (χ2n) is 20.9. The molecule has 0 aromatic rings. The van der Waals surface area contributed by atoms with Crippen molar-refractivity contribution in [2.45, 2.75) is 204 Å². The Bertz CT molecular complexity index is 1810. The van der Waals surface area contributed by atoms with Crippen molar-refractivity contribution in [3.05, 3.63) is 59.3 Å². The van der Waals surface area contributed by atoms with Crippen LogP contribution in [0.4, 0.5) is 0 Å². The fourth-order valence-electron chi connectivity index (χ4n) is 11.4. The summed E-state index contributed by atoms with van der Waals surface area (Å²) >= 11 is 0. The number of esters is 1. The summed E-state index contributed by atoms with van der Waals surface area (Å²) in [6.45, 7) is 19.0. The van der Waals surface area contributed by atoms with Gasteiger partial charge in [-0.3, -0.25) is 9.69 Å². The molecule has 4 fully saturated rings. The number of methoxy groups -OCH3 is 3. The average molecular weight is 944 g/mol. The summed E-state index contributed by atoms with van der Waals surface area (Å²) < 4.78 is 61.0. The van der Waals surface area contributed by atoms with Gasteiger partial charge in [0.25, 0.3) is 0 Å². The number of aliphatic hydroxyl groups is 2. The van der Waals surface area contributed by atoms with Crippen molar-refractivity contribution in [3.8, 4) is 0 Å². The number of aliphatic hydroxyl groups excluding tert-OH is 1. The van der Waals surface area contributed by atoms with Gasteiger partial charge < -0.3 is 57.6 Å². The van der Waals surface area contributed by atoms with Crippen LogP contribution in [0.1, 0.15) is 114 Å². The molecule has 14 heteroatoms. The maximum Gasteiger partial charge on any atom is 0.316 e. The van der Waals surface area contributed by atoms with E-state index in [1.165, 1.54) is 5.57 Å². The average Bonchev–Trinajstić information content (AvgIpc) is 3.54. The van der Waals surface area contributed by atoms with Gasteiger partial charge in [-0.1, -0.05) is 82.2 Å². The third-order valence-electron chi connectivity index (χ3n) is 16.0. The number of carbonyl (C=O) groups excluding carboxylic acids is 1. The first-order chi connectivity index (χ1) is 31.7. The SMILES string of the molecule is CCC(C)C1OC2(CC=C[C@@H]1C)CC1CC(C/C=C(\C)C[C@@H](C)/C=C/C=C3\COC4C(O)C(C)=C[C@@H](C(=O)O1)[C@]34O)O2.COC1C[C@H](OC)OC(C)[C@@H]1O[C@H]1CC(OC)[C@@](C)(N(C)C)C(C)O1. The first kappa shape index (κ1) is 54.0. The maximum absolute atomic E-state index is 14.0. The van der Waals surface area contributed by atoms with Crippen molar-refractivity contribution in [2.75, 3.05) is 42.0 Å². The lowest BCUT2D eigenvalue weighted by Crippen LogP contribution is -2.65. The van der Waals surface area contributed by atoms with Crippen molar-refractivity contribution in [1.29, 1.82) is 0 Å². The molecule has 19 atom stereocenters. The van der Waals surface area contributed by atoms with E-state index in [1.54, 1.807) is 34.3 Å². The summed E-state index contributed by atoms with van der Waals surface area (Å²) in [5, 5.41) is 23.0. The molecule has 0 saturated carbocycles. The fourth-order valence-corrected chi connectivity index (χ4v) is 11.4. The smallest absolute Gasteiger partial charge is 0.316 e. The van der Waals surface area contributed by atoms with Gasteiger partial charge >= 0.3 is 5.97 Å². The number of ether oxygens (including phenoxy) is 10. The zero-order valence-electron chi connectivity index (χ0n) is 43.0. The Hall–Kier alpha value is -2.31. The van der Waals surface area contributed by atoms with Crippen LogP contribution in [0.15, 0.2) is 59.3 Å². The van der Waals surface area contributed by atoms with Crippen LogP contribution >= 0.6 is 0 Å². The molecular weight excluding hydrogens is 859 g/mol. The summed E-state index contributed by atoms with van der Waals surface area (Å²) in [6, 6.07) is 0. The molecule has 6 heterocycles. The third kappa shape index (κ3) is 11.7. The Labute approximate surface area is 401 Å². The van der Waals surface area contributed by atoms with E-state index in [0.29, 0.717) is 55.6 Å². The van der Waals surface area contributed by atoms with Gasteiger partial charge in [0.05, 0.1) is 48.8 Å². The molecule has 67 heavy (non-hydrogen) atoms. The first-order valence-corrected chi connectivity index (χ1v) is 24.9. The van der Waals surface area contributed by atoms with Gasteiger partial charge in [0.2, 0.25) is 0 Å². The standard InChI is InChI=1S/C35H50O7.C18H35NO6/c1-7-23(4)31-24(5)11-9-15-34(42-31)19-28-18-27(41-34)14-13-22(3)16-21(2)10-8-12-26-20-39-32-30(36)25(6)17-29(33(37)40-28)35(26,32)38;1-11-17(13(20-6)9-15(22-8)23-11)25-16-10-14(21-7)18(3,19(4)5)12(2)24-16/h8-13,17,21,23-24,27-32,36,38H,7,14-16,18-20H2,1-6H3;11-17H,9-10H2,1-8H3/b10-8+,22-13+,26-12+;/t21-,23?,24-,27?,28?,29-,30?,31?,32?,34?,35+;11?,12?,13?,14?,15-,16+,17+,18+/m01/s1. The summed E-state index contributed by atoms with van der Waals surface area (Å²) in [7, 11) is 9.18. The summed E-state index contributed by atoms with van der Waals surface area (Å²) in [6.07, 6.45) is 15.9. The van der Waals surface area contributed by atoms with Crippen molar-refractivity contribution in [1.82, 2.24) is 4.90 Å². The number of rotatable bonds is 8. The molecule has 7 aliphatic rings. The van der Waals surface area contributed by atoms with E-state index in [-0.39, 0.29) is 79.3 Å². The van der Waals surface area contributed by atoms with Crippen LogP contribution < -0.4 is 0 Å². The van der Waals surface area contributed by atoms with E-state index in [9.17, 15) is 15.0 Å². The lowest BCUT2D eigenvalue weighted by Gasteiger charge is -2.52. The van der Waals surface area contributed by atoms with Crippen molar-refractivity contribution < 1.29 is 62.4 Å². The number of hydrogen-bond donors (Lipinski definition) is 2. The highest BCUT2D eigenvalue weighted by molar-refractivity contribution is 5.78. The predicted molar refractivity (Wildman–Crippen MR) is 255 cm³/mol. The first-order valence-electron chi connectivity index (χ1n) is 24.9. The summed E-state index contributed by atoms with van der Waals surface area (Å²) in [4.78, 5) is 16.2. The minimum absolute atomic E-state index is 0.00350. The van der Waals surface area contributed by atoms with Crippen molar-refractivity contribution in [3.63, 3.8) is 0 Å². The third-order valence-corrected chi connectivity index (χ3v) is 16.0. The van der Waals surface area contributed by atoms with Crippen LogP contribution in [0.3, 0.4) is 0 Å². The van der Waals surface area contributed by atoms with Crippen LogP contribution in [-0.2, 0) is 52.2 Å². The number of nitrogens with zero attached hydrogens (tertiary/aromatic N) is 1. The van der Waals surface area contributed by atoms with Gasteiger partial charge in [0.15, 0.2) is 18.4 Å². The maximum atomic E-state index is 14.0. The van der Waals surface area contributed by atoms with Gasteiger partial charge in [0, 0.05) is 59.4 Å². The van der Waals surface area contributed by atoms with Gasteiger partial charge in [0.1, 0.15) is 35.9 Å². The van der Waals surface area contributed by atoms with Gasteiger partial charge in [-0.25, -0.2) is 0 Å². The molecule has 0 radical (unpaired) electrons. The molecule has 380 valence electrons. The molecule has 0 aromatic carbocycles. The van der Waals surface area contributed by atoms with Gasteiger partial charge in [-0.05, 0) is 84.5 Å². The Balaban J connectivity index is 0.000000253. The Morgan fingerprint density at radius 2 is 1.70 bits per heavy atom. The van der Waals surface area contributed by atoms with E-state index in [0.717, 1.165) is 12.8 Å². The Morgan fingerprint density at radius 1 is 0.955 bits per heavy atom. The molecule has 11 unspecified atom stereocenters. The van der Waals surface area contributed by atoms with Crippen LogP contribution in [-0.4, -0.2) is 154 Å². The number of fused-ring (bicyclic) bond motifs is 2. The molecular formula is C53H85NO13. The molecule has 1 aliphatic carbocycles. The van der Waals surface area contributed by atoms with E-state index >= 15 is 0 Å². The zero-order valence-corrected chi connectivity index (χ0v) is 43.0. The zero-order chi connectivity index (χ0) is 49.0. The largest absolute Gasteiger partial charge is 0.462 e. The number of hydrogen-bond acceptors (Lipinski definition) is 14. The molecule has 7 rings (SSSR count). The molecule has 4 saturated heterocycles. The summed E-state index contributed by atoms with van der Waals surface area (Å²) in [5.41, 5.74) is 0.526. The molecule has 1 spiro atoms. The van der Waals surface area contributed by atoms with E-state index in [1.807, 2.05) is 19.1 Å². The van der Waals surface area contributed by atoms with Crippen LogP contribution in [0, 0.1) is 23.7 Å². The lowest BCUT2D eigenvalue weighted by atomic mass is 9.71. The highest BCUT2D eigenvalue weighted by atomic mass is 16.7. The molecule has 0 aromatic heterocycles. The van der Waals surface area contributed by atoms with E-state index in [4.69, 9.17) is 47.4 Å². The molecule has 2 bridgehead atoms. The lowest BCUT2D eigenvalue weighted by molar-refractivity contribution is -0.317. The quantitative estimate of drug-likeness (QED) is 0.184. The van der Waals surface area contributed by atoms with Crippen LogP contribution in [0.5, 0.6) is 0 Å². The van der Waals surface area contributed by atoms with Crippen LogP contribution in [0.25, 0.3) is 0 Å².